The lowest BCUT2D eigenvalue weighted by molar-refractivity contribution is 0.287. The van der Waals surface area contributed by atoms with Crippen molar-refractivity contribution in [3.05, 3.63) is 72.8 Å². The summed E-state index contributed by atoms with van der Waals surface area (Å²) in [7, 11) is -3.87. The fourth-order valence-electron chi connectivity index (χ4n) is 2.66. The van der Waals surface area contributed by atoms with Crippen molar-refractivity contribution in [1.29, 1.82) is 0 Å². The second kappa shape index (κ2) is 9.34. The Labute approximate surface area is 171 Å². The van der Waals surface area contributed by atoms with E-state index >= 15 is 0 Å². The van der Waals surface area contributed by atoms with Gasteiger partial charge in [-0.25, -0.2) is 8.42 Å². The van der Waals surface area contributed by atoms with Crippen molar-refractivity contribution in [2.75, 3.05) is 17.9 Å². The zero-order chi connectivity index (χ0) is 20.7. The van der Waals surface area contributed by atoms with Crippen molar-refractivity contribution < 1.29 is 22.6 Å². The number of hydrogen-bond donors (Lipinski definition) is 1. The lowest BCUT2D eigenvalue weighted by Gasteiger charge is -2.15. The van der Waals surface area contributed by atoms with Gasteiger partial charge in [0.2, 0.25) is 0 Å². The normalized spacial score (nSPS) is 11.0. The Bertz CT molecular complexity index is 1050. The van der Waals surface area contributed by atoms with E-state index < -0.39 is 10.0 Å². The zero-order valence-corrected chi connectivity index (χ0v) is 17.1. The molecule has 0 atom stereocenters. The summed E-state index contributed by atoms with van der Waals surface area (Å²) in [6.07, 6.45) is 0. The third-order valence-electron chi connectivity index (χ3n) is 3.93. The Morgan fingerprint density at radius 2 is 1.41 bits per heavy atom. The maximum absolute atomic E-state index is 13.0. The average Bonchev–Trinajstić information content (AvgIpc) is 2.72. The van der Waals surface area contributed by atoms with Gasteiger partial charge in [0.25, 0.3) is 10.0 Å². The van der Waals surface area contributed by atoms with Gasteiger partial charge in [0, 0.05) is 6.07 Å². The van der Waals surface area contributed by atoms with Crippen molar-refractivity contribution >= 4 is 15.7 Å². The van der Waals surface area contributed by atoms with Gasteiger partial charge in [0.15, 0.2) is 17.2 Å². The van der Waals surface area contributed by atoms with Gasteiger partial charge in [-0.3, -0.25) is 4.72 Å². The van der Waals surface area contributed by atoms with Crippen molar-refractivity contribution in [1.82, 2.24) is 0 Å². The third-order valence-corrected chi connectivity index (χ3v) is 5.29. The molecule has 0 bridgehead atoms. The Hall–Kier alpha value is -3.19. The zero-order valence-electron chi connectivity index (χ0n) is 16.3. The molecular formula is C22H23NO5S. The number of ether oxygens (including phenoxy) is 3. The largest absolute Gasteiger partial charge is 0.490 e. The van der Waals surface area contributed by atoms with E-state index in [9.17, 15) is 8.42 Å². The molecule has 0 aromatic heterocycles. The summed E-state index contributed by atoms with van der Waals surface area (Å²) in [5.41, 5.74) is 0.336. The molecular weight excluding hydrogens is 390 g/mol. The minimum atomic E-state index is -3.87. The van der Waals surface area contributed by atoms with Crippen molar-refractivity contribution in [3.63, 3.8) is 0 Å². The molecule has 0 saturated heterocycles. The quantitative estimate of drug-likeness (QED) is 0.530. The molecule has 152 valence electrons. The predicted octanol–water partition coefficient (Wildman–Crippen LogP) is 5.08. The first kappa shape index (κ1) is 20.5. The molecule has 1 N–H and O–H groups in total. The van der Waals surface area contributed by atoms with Crippen molar-refractivity contribution in [2.45, 2.75) is 18.7 Å². The van der Waals surface area contributed by atoms with Crippen LogP contribution in [-0.2, 0) is 10.0 Å². The fourth-order valence-corrected chi connectivity index (χ4v) is 3.74. The molecule has 0 aliphatic heterocycles. The van der Waals surface area contributed by atoms with Crippen LogP contribution < -0.4 is 18.9 Å². The van der Waals surface area contributed by atoms with Gasteiger partial charge in [-0.1, -0.05) is 30.3 Å². The molecule has 0 unspecified atom stereocenters. The van der Waals surface area contributed by atoms with Crippen molar-refractivity contribution in [3.8, 4) is 23.0 Å². The minimum Gasteiger partial charge on any atom is -0.490 e. The molecule has 0 spiro atoms. The molecule has 0 fully saturated rings. The van der Waals surface area contributed by atoms with Gasteiger partial charge in [0.1, 0.15) is 5.75 Å². The van der Waals surface area contributed by atoms with Crippen LogP contribution in [0.2, 0.25) is 0 Å². The van der Waals surface area contributed by atoms with E-state index in [2.05, 4.69) is 4.72 Å². The van der Waals surface area contributed by atoms with E-state index in [-0.39, 0.29) is 4.90 Å². The SMILES string of the molecule is CCOc1ccc(S(=O)(=O)Nc2ccccc2Oc2ccccc2)cc1OCC. The third kappa shape index (κ3) is 5.20. The summed E-state index contributed by atoms with van der Waals surface area (Å²) in [6, 6.07) is 20.6. The van der Waals surface area contributed by atoms with Crippen LogP contribution in [0.1, 0.15) is 13.8 Å². The van der Waals surface area contributed by atoms with Crippen LogP contribution >= 0.6 is 0 Å². The minimum absolute atomic E-state index is 0.0684. The first-order valence-electron chi connectivity index (χ1n) is 9.28. The Balaban J connectivity index is 1.89. The summed E-state index contributed by atoms with van der Waals surface area (Å²) in [4.78, 5) is 0.0684. The van der Waals surface area contributed by atoms with Crippen LogP contribution in [0.5, 0.6) is 23.0 Å². The molecule has 3 aromatic rings. The Morgan fingerprint density at radius 1 is 0.759 bits per heavy atom. The number of para-hydroxylation sites is 3. The van der Waals surface area contributed by atoms with E-state index in [0.29, 0.717) is 41.9 Å². The number of sulfonamides is 1. The number of nitrogens with one attached hydrogen (secondary N) is 1. The molecule has 7 heteroatoms. The highest BCUT2D eigenvalue weighted by molar-refractivity contribution is 7.92. The molecule has 29 heavy (non-hydrogen) atoms. The second-order valence-electron chi connectivity index (χ2n) is 5.99. The highest BCUT2D eigenvalue weighted by Gasteiger charge is 2.19. The summed E-state index contributed by atoms with van der Waals surface area (Å²) >= 11 is 0. The predicted molar refractivity (Wildman–Crippen MR) is 113 cm³/mol. The summed E-state index contributed by atoms with van der Waals surface area (Å²) < 4.78 is 45.4. The van der Waals surface area contributed by atoms with Crippen LogP contribution in [0.3, 0.4) is 0 Å². The molecule has 0 amide bonds. The van der Waals surface area contributed by atoms with E-state index in [1.807, 2.05) is 32.0 Å². The van der Waals surface area contributed by atoms with Gasteiger partial charge >= 0.3 is 0 Å². The van der Waals surface area contributed by atoms with Crippen LogP contribution in [-0.4, -0.2) is 21.6 Å². The lowest BCUT2D eigenvalue weighted by Crippen LogP contribution is -2.14. The Morgan fingerprint density at radius 3 is 2.14 bits per heavy atom. The highest BCUT2D eigenvalue weighted by atomic mass is 32.2. The summed E-state index contributed by atoms with van der Waals surface area (Å²) in [5, 5.41) is 0. The van der Waals surface area contributed by atoms with Crippen LogP contribution in [0, 0.1) is 0 Å². The van der Waals surface area contributed by atoms with Gasteiger partial charge in [-0.05, 0) is 50.2 Å². The van der Waals surface area contributed by atoms with Gasteiger partial charge in [-0.15, -0.1) is 0 Å². The number of rotatable bonds is 9. The smallest absolute Gasteiger partial charge is 0.262 e. The number of anilines is 1. The molecule has 3 rings (SSSR count). The van der Waals surface area contributed by atoms with Crippen LogP contribution in [0.15, 0.2) is 77.7 Å². The molecule has 0 heterocycles. The maximum atomic E-state index is 13.0. The van der Waals surface area contributed by atoms with Gasteiger partial charge in [-0.2, -0.15) is 0 Å². The summed E-state index contributed by atoms with van der Waals surface area (Å²) in [6.45, 7) is 4.53. The first-order chi connectivity index (χ1) is 14.0. The molecule has 3 aromatic carbocycles. The number of benzene rings is 3. The fraction of sp³-hybridized carbons (Fsp3) is 0.182. The standard InChI is InChI=1S/C22H23NO5S/c1-3-26-21-15-14-18(16-22(21)27-4-2)29(24,25)23-19-12-8-9-13-20(19)28-17-10-6-5-7-11-17/h5-16,23H,3-4H2,1-2H3. The monoisotopic (exact) mass is 413 g/mol. The number of hydrogen-bond acceptors (Lipinski definition) is 5. The van der Waals surface area contributed by atoms with Crippen molar-refractivity contribution in [2.24, 2.45) is 0 Å². The van der Waals surface area contributed by atoms with Gasteiger partial charge < -0.3 is 14.2 Å². The topological polar surface area (TPSA) is 73.9 Å². The first-order valence-corrected chi connectivity index (χ1v) is 10.8. The van der Waals surface area contributed by atoms with E-state index in [4.69, 9.17) is 14.2 Å². The molecule has 0 aliphatic rings. The molecule has 6 nitrogen and oxygen atoms in total. The molecule has 0 aliphatic carbocycles. The van der Waals surface area contributed by atoms with Crippen LogP contribution in [0.25, 0.3) is 0 Å². The van der Waals surface area contributed by atoms with E-state index in [1.54, 1.807) is 42.5 Å². The van der Waals surface area contributed by atoms with Crippen LogP contribution in [0.4, 0.5) is 5.69 Å². The van der Waals surface area contributed by atoms with E-state index in [0.717, 1.165) is 0 Å². The lowest BCUT2D eigenvalue weighted by atomic mass is 10.3. The van der Waals surface area contributed by atoms with Gasteiger partial charge in [0.05, 0.1) is 23.8 Å². The highest BCUT2D eigenvalue weighted by Crippen LogP contribution is 2.33. The average molecular weight is 413 g/mol. The summed E-state index contributed by atoms with van der Waals surface area (Å²) in [5.74, 6) is 1.89. The Kier molecular flexibility index (Phi) is 6.61. The second-order valence-corrected chi connectivity index (χ2v) is 7.67. The van der Waals surface area contributed by atoms with E-state index in [1.165, 1.54) is 12.1 Å². The molecule has 0 saturated carbocycles. The maximum Gasteiger partial charge on any atom is 0.262 e. The molecule has 0 radical (unpaired) electrons.